The maximum Gasteiger partial charge on any atom is 0.229 e. The van der Waals surface area contributed by atoms with Crippen molar-refractivity contribution < 1.29 is 14.3 Å². The van der Waals surface area contributed by atoms with Gasteiger partial charge >= 0.3 is 0 Å². The Morgan fingerprint density at radius 2 is 2.00 bits per heavy atom. The summed E-state index contributed by atoms with van der Waals surface area (Å²) in [5.41, 5.74) is 1.09. The van der Waals surface area contributed by atoms with Crippen LogP contribution in [0.2, 0.25) is 0 Å². The predicted molar refractivity (Wildman–Crippen MR) is 105 cm³/mol. The van der Waals surface area contributed by atoms with E-state index in [1.54, 1.807) is 7.11 Å². The number of methoxy groups -OCH3 is 1. The van der Waals surface area contributed by atoms with Crippen LogP contribution in [0.3, 0.4) is 0 Å². The Bertz CT molecular complexity index is 657. The quantitative estimate of drug-likeness (QED) is 0.796. The van der Waals surface area contributed by atoms with Gasteiger partial charge in [0, 0.05) is 19.1 Å². The highest BCUT2D eigenvalue weighted by Crippen LogP contribution is 2.37. The number of ether oxygens (including phenoxy) is 2. The van der Waals surface area contributed by atoms with E-state index in [-0.39, 0.29) is 11.8 Å². The van der Waals surface area contributed by atoms with Crippen molar-refractivity contribution in [2.75, 3.05) is 39.9 Å². The number of amides is 1. The molecule has 5 nitrogen and oxygen atoms in total. The zero-order valence-corrected chi connectivity index (χ0v) is 16.5. The number of nitrogens with zero attached hydrogens (tertiary/aromatic N) is 2. The molecule has 5 heteroatoms. The largest absolute Gasteiger partial charge is 0.493 e. The lowest BCUT2D eigenvalue weighted by atomic mass is 9.92. The number of piperidine rings is 1. The highest BCUT2D eigenvalue weighted by atomic mass is 16.5. The van der Waals surface area contributed by atoms with E-state index in [1.807, 2.05) is 12.1 Å². The van der Waals surface area contributed by atoms with Gasteiger partial charge in [-0.3, -0.25) is 4.79 Å². The number of rotatable bonds is 5. The summed E-state index contributed by atoms with van der Waals surface area (Å²) in [4.78, 5) is 18.1. The molecule has 4 rings (SSSR count). The first-order chi connectivity index (χ1) is 13.3. The van der Waals surface area contributed by atoms with Crippen molar-refractivity contribution in [1.29, 1.82) is 0 Å². The Labute approximate surface area is 162 Å². The van der Waals surface area contributed by atoms with E-state index in [2.05, 4.69) is 15.9 Å². The zero-order valence-electron chi connectivity index (χ0n) is 16.5. The number of hydrogen-bond acceptors (Lipinski definition) is 4. The second-order valence-electron chi connectivity index (χ2n) is 8.18. The summed E-state index contributed by atoms with van der Waals surface area (Å²) in [6.07, 6.45) is 8.05. The number of benzene rings is 1. The maximum atomic E-state index is 13.3. The molecule has 0 radical (unpaired) electrons. The third kappa shape index (κ3) is 4.08. The SMILES string of the molecule is COc1cccc2c1OCC(C(=O)N1CCCCC1CCN1CCCC1)C2. The zero-order chi connectivity index (χ0) is 18.6. The molecule has 27 heavy (non-hydrogen) atoms. The van der Waals surface area contributed by atoms with Crippen LogP contribution in [-0.4, -0.2) is 61.6 Å². The molecule has 2 fully saturated rings. The summed E-state index contributed by atoms with van der Waals surface area (Å²) in [6.45, 7) is 4.97. The van der Waals surface area contributed by atoms with E-state index in [0.29, 0.717) is 12.6 Å². The van der Waals surface area contributed by atoms with E-state index in [4.69, 9.17) is 9.47 Å². The van der Waals surface area contributed by atoms with Crippen LogP contribution in [0, 0.1) is 5.92 Å². The average molecular weight is 373 g/mol. The molecular weight excluding hydrogens is 340 g/mol. The monoisotopic (exact) mass is 372 g/mol. The molecule has 2 saturated heterocycles. The van der Waals surface area contributed by atoms with Crippen molar-refractivity contribution in [3.05, 3.63) is 23.8 Å². The standard InChI is InChI=1S/C22H32N2O3/c1-26-20-9-6-7-17-15-18(16-27-21(17)20)22(25)24-13-3-2-8-19(24)10-14-23-11-4-5-12-23/h6-7,9,18-19H,2-5,8,10-16H2,1H3. The number of fused-ring (bicyclic) bond motifs is 1. The van der Waals surface area contributed by atoms with E-state index in [1.165, 1.54) is 32.4 Å². The topological polar surface area (TPSA) is 42.0 Å². The summed E-state index contributed by atoms with van der Waals surface area (Å²) >= 11 is 0. The van der Waals surface area contributed by atoms with Gasteiger partial charge in [0.2, 0.25) is 5.91 Å². The van der Waals surface area contributed by atoms with Crippen LogP contribution < -0.4 is 9.47 Å². The minimum Gasteiger partial charge on any atom is -0.493 e. The Kier molecular flexibility index (Phi) is 5.86. The Morgan fingerprint density at radius 3 is 2.81 bits per heavy atom. The molecule has 3 heterocycles. The van der Waals surface area contributed by atoms with Crippen molar-refractivity contribution in [2.24, 2.45) is 5.92 Å². The van der Waals surface area contributed by atoms with Crippen molar-refractivity contribution >= 4 is 5.91 Å². The number of likely N-dealkylation sites (tertiary alicyclic amines) is 2. The molecule has 0 aromatic heterocycles. The van der Waals surface area contributed by atoms with Crippen LogP contribution >= 0.6 is 0 Å². The fraction of sp³-hybridized carbons (Fsp3) is 0.682. The van der Waals surface area contributed by atoms with Gasteiger partial charge in [-0.25, -0.2) is 0 Å². The van der Waals surface area contributed by atoms with Crippen molar-refractivity contribution in [3.8, 4) is 11.5 Å². The lowest BCUT2D eigenvalue weighted by molar-refractivity contribution is -0.141. The van der Waals surface area contributed by atoms with Gasteiger partial charge in [0.05, 0.1) is 13.0 Å². The molecular formula is C22H32N2O3. The number of para-hydroxylation sites is 1. The van der Waals surface area contributed by atoms with Crippen LogP contribution in [0.5, 0.6) is 11.5 Å². The Hall–Kier alpha value is -1.75. The van der Waals surface area contributed by atoms with E-state index >= 15 is 0 Å². The molecule has 0 N–H and O–H groups in total. The molecule has 2 unspecified atom stereocenters. The average Bonchev–Trinajstić information content (AvgIpc) is 3.24. The molecule has 1 amide bonds. The summed E-state index contributed by atoms with van der Waals surface area (Å²) in [6, 6.07) is 6.35. The summed E-state index contributed by atoms with van der Waals surface area (Å²) in [5.74, 6) is 1.79. The Morgan fingerprint density at radius 1 is 1.19 bits per heavy atom. The normalized spacial score (nSPS) is 25.7. The van der Waals surface area contributed by atoms with Gasteiger partial charge in [-0.15, -0.1) is 0 Å². The first kappa shape index (κ1) is 18.6. The summed E-state index contributed by atoms with van der Waals surface area (Å²) < 4.78 is 11.4. The third-order valence-electron chi connectivity index (χ3n) is 6.41. The molecule has 0 aliphatic carbocycles. The molecule has 3 aliphatic rings. The van der Waals surface area contributed by atoms with Crippen LogP contribution in [0.1, 0.15) is 44.1 Å². The molecule has 3 aliphatic heterocycles. The highest BCUT2D eigenvalue weighted by molar-refractivity contribution is 5.80. The smallest absolute Gasteiger partial charge is 0.229 e. The number of carbonyl (C=O) groups excluding carboxylic acids is 1. The second kappa shape index (κ2) is 8.51. The molecule has 148 valence electrons. The summed E-state index contributed by atoms with van der Waals surface area (Å²) in [7, 11) is 1.66. The number of carbonyl (C=O) groups is 1. The van der Waals surface area contributed by atoms with Crippen LogP contribution in [0.25, 0.3) is 0 Å². The van der Waals surface area contributed by atoms with Crippen LogP contribution in [0.15, 0.2) is 18.2 Å². The fourth-order valence-electron chi connectivity index (χ4n) is 4.88. The van der Waals surface area contributed by atoms with Crippen molar-refractivity contribution in [2.45, 2.75) is 51.0 Å². The molecule has 1 aromatic rings. The van der Waals surface area contributed by atoms with Gasteiger partial charge in [0.15, 0.2) is 11.5 Å². The van der Waals surface area contributed by atoms with Gasteiger partial charge in [0.25, 0.3) is 0 Å². The molecule has 0 spiro atoms. The van der Waals surface area contributed by atoms with E-state index < -0.39 is 0 Å². The van der Waals surface area contributed by atoms with Gasteiger partial charge in [-0.2, -0.15) is 0 Å². The third-order valence-corrected chi connectivity index (χ3v) is 6.41. The van der Waals surface area contributed by atoms with Gasteiger partial charge in [-0.1, -0.05) is 12.1 Å². The molecule has 2 atom stereocenters. The highest BCUT2D eigenvalue weighted by Gasteiger charge is 2.35. The van der Waals surface area contributed by atoms with Gasteiger partial charge < -0.3 is 19.3 Å². The van der Waals surface area contributed by atoms with Gasteiger partial charge in [-0.05, 0) is 69.7 Å². The molecule has 1 aromatic carbocycles. The predicted octanol–water partition coefficient (Wildman–Crippen LogP) is 3.11. The Balaban J connectivity index is 1.40. The minimum atomic E-state index is -0.0722. The first-order valence-electron chi connectivity index (χ1n) is 10.6. The summed E-state index contributed by atoms with van der Waals surface area (Å²) in [5, 5.41) is 0. The minimum absolute atomic E-state index is 0.0722. The van der Waals surface area contributed by atoms with Crippen molar-refractivity contribution in [3.63, 3.8) is 0 Å². The van der Waals surface area contributed by atoms with E-state index in [0.717, 1.165) is 55.8 Å². The molecule has 0 saturated carbocycles. The second-order valence-corrected chi connectivity index (χ2v) is 8.18. The van der Waals surface area contributed by atoms with Crippen LogP contribution in [0.4, 0.5) is 0 Å². The van der Waals surface area contributed by atoms with E-state index in [9.17, 15) is 4.79 Å². The fourth-order valence-corrected chi connectivity index (χ4v) is 4.88. The number of hydrogen-bond donors (Lipinski definition) is 0. The lowest BCUT2D eigenvalue weighted by Gasteiger charge is -2.39. The first-order valence-corrected chi connectivity index (χ1v) is 10.6. The van der Waals surface area contributed by atoms with Crippen LogP contribution in [-0.2, 0) is 11.2 Å². The van der Waals surface area contributed by atoms with Gasteiger partial charge in [0.1, 0.15) is 6.61 Å². The maximum absolute atomic E-state index is 13.3. The van der Waals surface area contributed by atoms with Crippen molar-refractivity contribution in [1.82, 2.24) is 9.80 Å². The molecule has 0 bridgehead atoms. The lowest BCUT2D eigenvalue weighted by Crippen LogP contribution is -2.49.